The van der Waals surface area contributed by atoms with Gasteiger partial charge in [-0.2, -0.15) is 0 Å². The van der Waals surface area contributed by atoms with Crippen LogP contribution in [0.1, 0.15) is 6.42 Å². The van der Waals surface area contributed by atoms with Crippen LogP contribution in [0.5, 0.6) is 5.75 Å². The number of anilines is 2. The fraction of sp³-hybridized carbons (Fsp3) is 0.250. The molecule has 2 aromatic carbocycles. The van der Waals surface area contributed by atoms with E-state index < -0.39 is 24.4 Å². The maximum Gasteiger partial charge on any atom is 0.311 e. The Labute approximate surface area is 170 Å². The van der Waals surface area contributed by atoms with Crippen molar-refractivity contribution >= 4 is 45.1 Å². The van der Waals surface area contributed by atoms with Crippen LogP contribution in [0.15, 0.2) is 53.0 Å². The van der Waals surface area contributed by atoms with Crippen LogP contribution in [0.2, 0.25) is 0 Å². The number of methoxy groups -OCH3 is 1. The highest BCUT2D eigenvalue weighted by molar-refractivity contribution is 9.10. The number of halogens is 1. The number of esters is 1. The molecule has 0 aromatic heterocycles. The average Bonchev–Trinajstić information content (AvgIpc) is 3.10. The van der Waals surface area contributed by atoms with Crippen molar-refractivity contribution in [1.29, 1.82) is 0 Å². The van der Waals surface area contributed by atoms with E-state index in [1.54, 1.807) is 55.6 Å². The Balaban J connectivity index is 1.52. The third-order valence-corrected chi connectivity index (χ3v) is 4.83. The Morgan fingerprint density at radius 3 is 2.68 bits per heavy atom. The molecule has 146 valence electrons. The molecular formula is C20H19BrN2O5. The number of benzene rings is 2. The van der Waals surface area contributed by atoms with Crippen molar-refractivity contribution in [3.63, 3.8) is 0 Å². The molecule has 0 unspecified atom stereocenters. The van der Waals surface area contributed by atoms with Gasteiger partial charge in [-0.25, -0.2) is 0 Å². The summed E-state index contributed by atoms with van der Waals surface area (Å²) in [5.74, 6) is -1.16. The van der Waals surface area contributed by atoms with Gasteiger partial charge in [0.1, 0.15) is 5.75 Å². The lowest BCUT2D eigenvalue weighted by atomic mass is 10.1. The Kier molecular flexibility index (Phi) is 6.30. The number of ether oxygens (including phenoxy) is 2. The van der Waals surface area contributed by atoms with Crippen molar-refractivity contribution in [1.82, 2.24) is 0 Å². The van der Waals surface area contributed by atoms with Gasteiger partial charge >= 0.3 is 5.97 Å². The number of carbonyl (C=O) groups is 3. The molecule has 1 N–H and O–H groups in total. The minimum Gasteiger partial charge on any atom is -0.497 e. The van der Waals surface area contributed by atoms with E-state index in [2.05, 4.69) is 21.2 Å². The Bertz CT molecular complexity index is 884. The topological polar surface area (TPSA) is 84.9 Å². The van der Waals surface area contributed by atoms with Crippen LogP contribution < -0.4 is 15.0 Å². The van der Waals surface area contributed by atoms with Gasteiger partial charge < -0.3 is 19.7 Å². The third kappa shape index (κ3) is 4.89. The molecule has 2 aromatic rings. The van der Waals surface area contributed by atoms with Gasteiger partial charge in [0, 0.05) is 34.9 Å². The largest absolute Gasteiger partial charge is 0.497 e. The number of hydrogen-bond acceptors (Lipinski definition) is 5. The highest BCUT2D eigenvalue weighted by atomic mass is 79.9. The lowest BCUT2D eigenvalue weighted by molar-refractivity contribution is -0.151. The molecule has 28 heavy (non-hydrogen) atoms. The first kappa shape index (κ1) is 19.9. The zero-order valence-electron chi connectivity index (χ0n) is 15.2. The summed E-state index contributed by atoms with van der Waals surface area (Å²) >= 11 is 3.31. The molecule has 3 rings (SSSR count). The fourth-order valence-electron chi connectivity index (χ4n) is 2.88. The maximum atomic E-state index is 12.3. The second-order valence-corrected chi connectivity index (χ2v) is 7.19. The lowest BCUT2D eigenvalue weighted by Crippen LogP contribution is -2.28. The van der Waals surface area contributed by atoms with E-state index in [-0.39, 0.29) is 18.9 Å². The zero-order valence-corrected chi connectivity index (χ0v) is 16.8. The van der Waals surface area contributed by atoms with E-state index in [0.29, 0.717) is 17.1 Å². The van der Waals surface area contributed by atoms with Crippen LogP contribution in [-0.4, -0.2) is 38.0 Å². The van der Waals surface area contributed by atoms with Gasteiger partial charge in [0.15, 0.2) is 6.61 Å². The SMILES string of the molecule is COc1cccc(N2C[C@H](C(=O)OCC(=O)Nc3ccc(Br)cc3)CC2=O)c1. The van der Waals surface area contributed by atoms with Gasteiger partial charge in [0.2, 0.25) is 5.91 Å². The highest BCUT2D eigenvalue weighted by Gasteiger charge is 2.36. The van der Waals surface area contributed by atoms with E-state index in [1.165, 1.54) is 4.90 Å². The van der Waals surface area contributed by atoms with Crippen molar-refractivity contribution in [3.8, 4) is 5.75 Å². The summed E-state index contributed by atoms with van der Waals surface area (Å²) in [7, 11) is 1.55. The molecule has 8 heteroatoms. The summed E-state index contributed by atoms with van der Waals surface area (Å²) in [6, 6.07) is 14.1. The molecule has 7 nitrogen and oxygen atoms in total. The molecule has 0 aliphatic carbocycles. The van der Waals surface area contributed by atoms with Crippen molar-refractivity contribution in [3.05, 3.63) is 53.0 Å². The fourth-order valence-corrected chi connectivity index (χ4v) is 3.14. The molecule has 1 aliphatic rings. The van der Waals surface area contributed by atoms with E-state index in [1.807, 2.05) is 0 Å². The third-order valence-electron chi connectivity index (χ3n) is 4.30. The smallest absolute Gasteiger partial charge is 0.311 e. The molecule has 1 heterocycles. The minimum absolute atomic E-state index is 0.0460. The van der Waals surface area contributed by atoms with E-state index in [9.17, 15) is 14.4 Å². The Morgan fingerprint density at radius 1 is 1.21 bits per heavy atom. The monoisotopic (exact) mass is 446 g/mol. The molecule has 1 saturated heterocycles. The molecule has 1 fully saturated rings. The molecule has 2 amide bonds. The van der Waals surface area contributed by atoms with Crippen LogP contribution >= 0.6 is 15.9 Å². The van der Waals surface area contributed by atoms with Crippen LogP contribution in [0.25, 0.3) is 0 Å². The van der Waals surface area contributed by atoms with Crippen LogP contribution in [0.4, 0.5) is 11.4 Å². The van der Waals surface area contributed by atoms with Crippen molar-refractivity contribution in [2.24, 2.45) is 5.92 Å². The first-order chi connectivity index (χ1) is 13.5. The molecule has 0 spiro atoms. The summed E-state index contributed by atoms with van der Waals surface area (Å²) in [5, 5.41) is 2.64. The molecule has 1 aliphatic heterocycles. The summed E-state index contributed by atoms with van der Waals surface area (Å²) < 4.78 is 11.2. The highest BCUT2D eigenvalue weighted by Crippen LogP contribution is 2.28. The van der Waals surface area contributed by atoms with Gasteiger partial charge in [-0.05, 0) is 36.4 Å². The van der Waals surface area contributed by atoms with E-state index >= 15 is 0 Å². The molecule has 1 atom stereocenters. The summed E-state index contributed by atoms with van der Waals surface area (Å²) in [4.78, 5) is 38.0. The number of amides is 2. The molecule has 0 saturated carbocycles. The average molecular weight is 447 g/mol. The quantitative estimate of drug-likeness (QED) is 0.689. The van der Waals surface area contributed by atoms with Gasteiger partial charge in [-0.15, -0.1) is 0 Å². The standard InChI is InChI=1S/C20H19BrN2O5/c1-27-17-4-2-3-16(10-17)23-11-13(9-19(23)25)20(26)28-12-18(24)22-15-7-5-14(21)6-8-15/h2-8,10,13H,9,11-12H2,1H3,(H,22,24)/t13-/m1/s1. The number of carbonyl (C=O) groups excluding carboxylic acids is 3. The Hall–Kier alpha value is -2.87. The minimum atomic E-state index is -0.612. The van der Waals surface area contributed by atoms with Crippen molar-refractivity contribution in [2.45, 2.75) is 6.42 Å². The van der Waals surface area contributed by atoms with Crippen LogP contribution in [0, 0.1) is 5.92 Å². The van der Waals surface area contributed by atoms with Crippen molar-refractivity contribution in [2.75, 3.05) is 30.5 Å². The Morgan fingerprint density at radius 2 is 1.96 bits per heavy atom. The summed E-state index contributed by atoms with van der Waals surface area (Å²) in [6.45, 7) is -0.197. The van der Waals surface area contributed by atoms with Crippen molar-refractivity contribution < 1.29 is 23.9 Å². The number of rotatable bonds is 6. The van der Waals surface area contributed by atoms with E-state index in [0.717, 1.165) is 4.47 Å². The van der Waals surface area contributed by atoms with Gasteiger partial charge in [0.25, 0.3) is 5.91 Å². The predicted molar refractivity (Wildman–Crippen MR) is 107 cm³/mol. The molecular weight excluding hydrogens is 428 g/mol. The second-order valence-electron chi connectivity index (χ2n) is 6.27. The zero-order chi connectivity index (χ0) is 20.1. The molecule has 0 bridgehead atoms. The summed E-state index contributed by atoms with van der Waals surface area (Å²) in [6.07, 6.45) is 0.0460. The van der Waals surface area contributed by atoms with Gasteiger partial charge in [-0.3, -0.25) is 14.4 Å². The number of nitrogens with one attached hydrogen (secondary N) is 1. The first-order valence-corrected chi connectivity index (χ1v) is 9.42. The van der Waals surface area contributed by atoms with Gasteiger partial charge in [0.05, 0.1) is 13.0 Å². The summed E-state index contributed by atoms with van der Waals surface area (Å²) in [5.41, 5.74) is 1.26. The first-order valence-electron chi connectivity index (χ1n) is 8.62. The van der Waals surface area contributed by atoms with Crippen LogP contribution in [-0.2, 0) is 19.1 Å². The van der Waals surface area contributed by atoms with Gasteiger partial charge in [-0.1, -0.05) is 22.0 Å². The normalized spacial score (nSPS) is 16.0. The number of hydrogen-bond donors (Lipinski definition) is 1. The van der Waals surface area contributed by atoms with E-state index in [4.69, 9.17) is 9.47 Å². The molecule has 0 radical (unpaired) electrons. The number of nitrogens with zero attached hydrogens (tertiary/aromatic N) is 1. The lowest BCUT2D eigenvalue weighted by Gasteiger charge is -2.17. The second kappa shape index (κ2) is 8.88. The maximum absolute atomic E-state index is 12.3. The van der Waals surface area contributed by atoms with Crippen LogP contribution in [0.3, 0.4) is 0 Å². The predicted octanol–water partition coefficient (Wildman–Crippen LogP) is 2.99.